The molecule has 0 spiro atoms. The first-order valence-corrected chi connectivity index (χ1v) is 6.94. The van der Waals surface area contributed by atoms with Crippen molar-refractivity contribution in [2.24, 2.45) is 5.92 Å². The number of nitrogens with zero attached hydrogens (tertiary/aromatic N) is 1. The molecule has 0 saturated carbocycles. The summed E-state index contributed by atoms with van der Waals surface area (Å²) in [5.41, 5.74) is 0. The number of piperidine rings is 1. The monoisotopic (exact) mass is 292 g/mol. The SMILES string of the molecule is CNCCC1CCN(C(=O)C2COCCO2)CC1.Cl. The number of hydrogen-bond donors (Lipinski definition) is 1. The van der Waals surface area contributed by atoms with E-state index < -0.39 is 0 Å². The number of carbonyl (C=O) groups is 1. The lowest BCUT2D eigenvalue weighted by Crippen LogP contribution is -2.48. The van der Waals surface area contributed by atoms with E-state index in [-0.39, 0.29) is 24.4 Å². The summed E-state index contributed by atoms with van der Waals surface area (Å²) in [7, 11) is 1.99. The van der Waals surface area contributed by atoms with Gasteiger partial charge in [0.05, 0.1) is 19.8 Å². The molecule has 1 atom stereocenters. The molecule has 2 aliphatic heterocycles. The summed E-state index contributed by atoms with van der Waals surface area (Å²) in [6.45, 7) is 4.36. The summed E-state index contributed by atoms with van der Waals surface area (Å²) < 4.78 is 10.7. The Labute approximate surface area is 121 Å². The van der Waals surface area contributed by atoms with Gasteiger partial charge in [-0.3, -0.25) is 4.79 Å². The van der Waals surface area contributed by atoms with Gasteiger partial charge in [0, 0.05) is 13.1 Å². The maximum absolute atomic E-state index is 12.2. The van der Waals surface area contributed by atoms with Crippen LogP contribution in [0.4, 0.5) is 0 Å². The van der Waals surface area contributed by atoms with Gasteiger partial charge < -0.3 is 19.7 Å². The van der Waals surface area contributed by atoms with E-state index in [0.717, 1.165) is 38.4 Å². The quantitative estimate of drug-likeness (QED) is 0.828. The van der Waals surface area contributed by atoms with Crippen LogP contribution in [0.25, 0.3) is 0 Å². The van der Waals surface area contributed by atoms with E-state index in [9.17, 15) is 4.79 Å². The Morgan fingerprint density at radius 2 is 2.05 bits per heavy atom. The van der Waals surface area contributed by atoms with Crippen LogP contribution in [0.15, 0.2) is 0 Å². The van der Waals surface area contributed by atoms with Gasteiger partial charge in [0.15, 0.2) is 6.10 Å². The van der Waals surface area contributed by atoms with Gasteiger partial charge in [-0.25, -0.2) is 0 Å². The molecule has 19 heavy (non-hydrogen) atoms. The molecule has 112 valence electrons. The Balaban J connectivity index is 0.00000180. The summed E-state index contributed by atoms with van der Waals surface area (Å²) >= 11 is 0. The largest absolute Gasteiger partial charge is 0.376 e. The third-order valence-corrected chi connectivity index (χ3v) is 3.82. The summed E-state index contributed by atoms with van der Waals surface area (Å²) in [5.74, 6) is 0.867. The van der Waals surface area contributed by atoms with Crippen LogP contribution < -0.4 is 5.32 Å². The van der Waals surface area contributed by atoms with E-state index >= 15 is 0 Å². The fourth-order valence-electron chi connectivity index (χ4n) is 2.62. The van der Waals surface area contributed by atoms with Gasteiger partial charge in [0.2, 0.25) is 0 Å². The first-order chi connectivity index (χ1) is 8.81. The number of carbonyl (C=O) groups excluding carboxylic acids is 1. The van der Waals surface area contributed by atoms with Crippen molar-refractivity contribution >= 4 is 18.3 Å². The fraction of sp³-hybridized carbons (Fsp3) is 0.923. The molecule has 0 radical (unpaired) electrons. The molecule has 2 heterocycles. The van der Waals surface area contributed by atoms with Crippen molar-refractivity contribution in [2.75, 3.05) is 46.5 Å². The number of likely N-dealkylation sites (tertiary alicyclic amines) is 1. The molecular formula is C13H25ClN2O3. The van der Waals surface area contributed by atoms with Crippen molar-refractivity contribution in [1.82, 2.24) is 10.2 Å². The van der Waals surface area contributed by atoms with Crippen LogP contribution in [0.3, 0.4) is 0 Å². The van der Waals surface area contributed by atoms with Crippen molar-refractivity contribution in [3.63, 3.8) is 0 Å². The number of ether oxygens (including phenoxy) is 2. The molecule has 0 aromatic rings. The molecule has 2 rings (SSSR count). The van der Waals surface area contributed by atoms with E-state index in [1.165, 1.54) is 6.42 Å². The predicted molar refractivity (Wildman–Crippen MR) is 75.7 cm³/mol. The lowest BCUT2D eigenvalue weighted by atomic mass is 9.93. The van der Waals surface area contributed by atoms with Crippen molar-refractivity contribution in [3.8, 4) is 0 Å². The average Bonchev–Trinajstić information content (AvgIpc) is 2.46. The molecule has 2 saturated heterocycles. The first-order valence-electron chi connectivity index (χ1n) is 6.94. The van der Waals surface area contributed by atoms with Crippen LogP contribution in [0.2, 0.25) is 0 Å². The molecule has 1 unspecified atom stereocenters. The highest BCUT2D eigenvalue weighted by Gasteiger charge is 2.30. The molecule has 1 N–H and O–H groups in total. The Morgan fingerprint density at radius 3 is 2.63 bits per heavy atom. The van der Waals surface area contributed by atoms with Crippen LogP contribution in [0.1, 0.15) is 19.3 Å². The zero-order chi connectivity index (χ0) is 12.8. The fourth-order valence-corrected chi connectivity index (χ4v) is 2.62. The Kier molecular flexibility index (Phi) is 7.68. The van der Waals surface area contributed by atoms with Gasteiger partial charge in [-0.15, -0.1) is 12.4 Å². The second kappa shape index (κ2) is 8.74. The Morgan fingerprint density at radius 1 is 1.32 bits per heavy atom. The maximum Gasteiger partial charge on any atom is 0.254 e. The third-order valence-electron chi connectivity index (χ3n) is 3.82. The van der Waals surface area contributed by atoms with E-state index in [1.807, 2.05) is 11.9 Å². The van der Waals surface area contributed by atoms with Crippen LogP contribution in [0, 0.1) is 5.92 Å². The van der Waals surface area contributed by atoms with E-state index in [2.05, 4.69) is 5.32 Å². The van der Waals surface area contributed by atoms with Crippen molar-refractivity contribution in [1.29, 1.82) is 0 Å². The molecule has 0 aromatic carbocycles. The molecule has 0 aliphatic carbocycles. The second-order valence-corrected chi connectivity index (χ2v) is 5.10. The zero-order valence-corrected chi connectivity index (χ0v) is 12.4. The summed E-state index contributed by atoms with van der Waals surface area (Å²) in [4.78, 5) is 14.1. The van der Waals surface area contributed by atoms with Crippen molar-refractivity contribution in [3.05, 3.63) is 0 Å². The Bertz CT molecular complexity index is 265. The molecule has 2 fully saturated rings. The third kappa shape index (κ3) is 4.91. The topological polar surface area (TPSA) is 50.8 Å². The molecule has 1 amide bonds. The molecule has 6 heteroatoms. The molecule has 2 aliphatic rings. The summed E-state index contributed by atoms with van der Waals surface area (Å²) in [5, 5.41) is 3.18. The zero-order valence-electron chi connectivity index (χ0n) is 11.6. The average molecular weight is 293 g/mol. The van der Waals surface area contributed by atoms with Crippen molar-refractivity contribution in [2.45, 2.75) is 25.4 Å². The summed E-state index contributed by atoms with van der Waals surface area (Å²) in [6, 6.07) is 0. The van der Waals surface area contributed by atoms with Gasteiger partial charge in [-0.1, -0.05) is 0 Å². The van der Waals surface area contributed by atoms with Gasteiger partial charge in [-0.05, 0) is 38.8 Å². The summed E-state index contributed by atoms with van der Waals surface area (Å²) in [6.07, 6.45) is 3.07. The van der Waals surface area contributed by atoms with E-state index in [4.69, 9.17) is 9.47 Å². The van der Waals surface area contributed by atoms with Gasteiger partial charge in [0.1, 0.15) is 0 Å². The number of hydrogen-bond acceptors (Lipinski definition) is 4. The normalized spacial score (nSPS) is 24.9. The highest BCUT2D eigenvalue weighted by Crippen LogP contribution is 2.21. The lowest BCUT2D eigenvalue weighted by molar-refractivity contribution is -0.159. The highest BCUT2D eigenvalue weighted by molar-refractivity contribution is 5.85. The standard InChI is InChI=1S/C13H24N2O3.ClH/c1-14-5-2-11-3-6-15(7-4-11)13(16)12-10-17-8-9-18-12;/h11-12,14H,2-10H2,1H3;1H. The number of rotatable bonds is 4. The van der Waals surface area contributed by atoms with Crippen LogP contribution in [-0.4, -0.2) is 63.4 Å². The molecule has 0 bridgehead atoms. The maximum atomic E-state index is 12.2. The van der Waals surface area contributed by atoms with E-state index in [1.54, 1.807) is 0 Å². The van der Waals surface area contributed by atoms with Crippen LogP contribution in [-0.2, 0) is 14.3 Å². The van der Waals surface area contributed by atoms with Gasteiger partial charge in [-0.2, -0.15) is 0 Å². The van der Waals surface area contributed by atoms with E-state index in [0.29, 0.717) is 19.8 Å². The molecular weight excluding hydrogens is 268 g/mol. The Hall–Kier alpha value is -0.360. The lowest BCUT2D eigenvalue weighted by Gasteiger charge is -2.35. The van der Waals surface area contributed by atoms with Crippen LogP contribution >= 0.6 is 12.4 Å². The number of amides is 1. The van der Waals surface area contributed by atoms with Gasteiger partial charge >= 0.3 is 0 Å². The molecule has 5 nitrogen and oxygen atoms in total. The smallest absolute Gasteiger partial charge is 0.254 e. The second-order valence-electron chi connectivity index (χ2n) is 5.10. The van der Waals surface area contributed by atoms with Gasteiger partial charge in [0.25, 0.3) is 5.91 Å². The minimum absolute atomic E-state index is 0. The first kappa shape index (κ1) is 16.7. The predicted octanol–water partition coefficient (Wildman–Crippen LogP) is 0.672. The highest BCUT2D eigenvalue weighted by atomic mass is 35.5. The number of halogens is 1. The number of nitrogens with one attached hydrogen (secondary N) is 1. The van der Waals surface area contributed by atoms with Crippen LogP contribution in [0.5, 0.6) is 0 Å². The minimum atomic E-state index is -0.368. The van der Waals surface area contributed by atoms with Crippen molar-refractivity contribution < 1.29 is 14.3 Å². The molecule has 0 aromatic heterocycles. The minimum Gasteiger partial charge on any atom is -0.376 e.